The highest BCUT2D eigenvalue weighted by Gasteiger charge is 2.29. The molecule has 0 saturated carbocycles. The van der Waals surface area contributed by atoms with Crippen molar-refractivity contribution in [3.05, 3.63) is 18.2 Å². The van der Waals surface area contributed by atoms with E-state index in [1.165, 1.54) is 0 Å². The number of imidazole rings is 1. The Labute approximate surface area is 126 Å². The van der Waals surface area contributed by atoms with Gasteiger partial charge in [0.2, 0.25) is 5.91 Å². The van der Waals surface area contributed by atoms with E-state index in [4.69, 9.17) is 0 Å². The second-order valence-electron chi connectivity index (χ2n) is 5.63. The van der Waals surface area contributed by atoms with Crippen LogP contribution >= 0.6 is 0 Å². The Morgan fingerprint density at radius 1 is 1.43 bits per heavy atom. The number of hydrogen-bond donors (Lipinski definition) is 0. The van der Waals surface area contributed by atoms with Crippen molar-refractivity contribution < 1.29 is 13.2 Å². The Balaban J connectivity index is 2.02. The first-order chi connectivity index (χ1) is 9.93. The molecule has 0 radical (unpaired) electrons. The van der Waals surface area contributed by atoms with Crippen molar-refractivity contribution in [1.82, 2.24) is 14.5 Å². The number of rotatable bonds is 5. The van der Waals surface area contributed by atoms with Crippen molar-refractivity contribution in [3.8, 4) is 0 Å². The van der Waals surface area contributed by atoms with Gasteiger partial charge in [-0.3, -0.25) is 4.79 Å². The highest BCUT2D eigenvalue weighted by molar-refractivity contribution is 7.91. The van der Waals surface area contributed by atoms with Gasteiger partial charge in [0.25, 0.3) is 0 Å². The molecule has 2 heterocycles. The zero-order chi connectivity index (χ0) is 15.5. The van der Waals surface area contributed by atoms with Gasteiger partial charge in [0.05, 0.1) is 0 Å². The average Bonchev–Trinajstić information content (AvgIpc) is 2.83. The third kappa shape index (κ3) is 4.06. The lowest BCUT2D eigenvalue weighted by Gasteiger charge is -2.35. The van der Waals surface area contributed by atoms with Gasteiger partial charge in [0.1, 0.15) is 17.3 Å². The highest BCUT2D eigenvalue weighted by atomic mass is 32.2. The van der Waals surface area contributed by atoms with Crippen LogP contribution in [0.3, 0.4) is 0 Å². The smallest absolute Gasteiger partial charge is 0.238 e. The van der Waals surface area contributed by atoms with Gasteiger partial charge in [-0.1, -0.05) is 6.92 Å². The van der Waals surface area contributed by atoms with Crippen LogP contribution in [0.25, 0.3) is 0 Å². The highest BCUT2D eigenvalue weighted by Crippen LogP contribution is 2.20. The maximum Gasteiger partial charge on any atom is 0.238 e. The molecule has 0 aromatic carbocycles. The number of carbonyl (C=O) groups is 1. The maximum atomic E-state index is 12.3. The monoisotopic (exact) mass is 313 g/mol. The van der Waals surface area contributed by atoms with E-state index in [0.717, 1.165) is 25.7 Å². The van der Waals surface area contributed by atoms with Crippen LogP contribution in [0.1, 0.15) is 38.4 Å². The molecule has 0 N–H and O–H groups in total. The van der Waals surface area contributed by atoms with Crippen LogP contribution in [0, 0.1) is 0 Å². The standard InChI is InChI=1S/C14H23N3O3S/c1-3-12-6-4-5-8-17(12)14(18)11-21(19,20)10-13-15-7-9-16(13)2/h7,9,12H,3-6,8,10-11H2,1-2H3/t12-/m0/s1. The minimum atomic E-state index is -3.48. The molecule has 1 saturated heterocycles. The molecule has 0 spiro atoms. The van der Waals surface area contributed by atoms with Crippen molar-refractivity contribution in [2.45, 2.75) is 44.4 Å². The lowest BCUT2D eigenvalue weighted by atomic mass is 10.0. The number of carbonyl (C=O) groups excluding carboxylic acids is 1. The molecule has 2 rings (SSSR count). The van der Waals surface area contributed by atoms with Gasteiger partial charge < -0.3 is 9.47 Å². The molecule has 1 aromatic heterocycles. The molecule has 21 heavy (non-hydrogen) atoms. The molecule has 1 aliphatic heterocycles. The number of aromatic nitrogens is 2. The van der Waals surface area contributed by atoms with Crippen molar-refractivity contribution in [2.75, 3.05) is 12.3 Å². The van der Waals surface area contributed by atoms with E-state index in [1.807, 2.05) is 6.92 Å². The Bertz CT molecular complexity index is 594. The maximum absolute atomic E-state index is 12.3. The fraction of sp³-hybridized carbons (Fsp3) is 0.714. The summed E-state index contributed by atoms with van der Waals surface area (Å²) < 4.78 is 26.1. The Morgan fingerprint density at radius 3 is 2.81 bits per heavy atom. The Kier molecular flexibility index (Phi) is 5.03. The molecule has 118 valence electrons. The SMILES string of the molecule is CC[C@H]1CCCCN1C(=O)CS(=O)(=O)Cc1nccn1C. The molecule has 0 unspecified atom stereocenters. The summed E-state index contributed by atoms with van der Waals surface area (Å²) >= 11 is 0. The third-order valence-corrected chi connectivity index (χ3v) is 5.42. The summed E-state index contributed by atoms with van der Waals surface area (Å²) in [5.74, 6) is -0.410. The van der Waals surface area contributed by atoms with E-state index in [1.54, 1.807) is 28.9 Å². The zero-order valence-corrected chi connectivity index (χ0v) is 13.5. The Hall–Kier alpha value is -1.37. The number of hydrogen-bond acceptors (Lipinski definition) is 4. The quantitative estimate of drug-likeness (QED) is 0.817. The van der Waals surface area contributed by atoms with E-state index in [2.05, 4.69) is 4.98 Å². The molecular weight excluding hydrogens is 290 g/mol. The van der Waals surface area contributed by atoms with Crippen LogP contribution in [-0.2, 0) is 27.4 Å². The summed E-state index contributed by atoms with van der Waals surface area (Å²) in [5.41, 5.74) is 0. The molecule has 1 amide bonds. The summed E-state index contributed by atoms with van der Waals surface area (Å²) in [6, 6.07) is 0.189. The normalized spacial score (nSPS) is 19.7. The average molecular weight is 313 g/mol. The number of sulfone groups is 1. The lowest BCUT2D eigenvalue weighted by molar-refractivity contribution is -0.132. The first-order valence-corrected chi connectivity index (χ1v) is 9.21. The molecule has 1 aromatic rings. The summed E-state index contributed by atoms with van der Waals surface area (Å²) in [4.78, 5) is 18.1. The molecule has 0 aliphatic carbocycles. The molecular formula is C14H23N3O3S. The number of likely N-dealkylation sites (tertiary alicyclic amines) is 1. The largest absolute Gasteiger partial charge is 0.339 e. The van der Waals surface area contributed by atoms with E-state index in [-0.39, 0.29) is 17.7 Å². The van der Waals surface area contributed by atoms with Gasteiger partial charge in [-0.05, 0) is 25.7 Å². The van der Waals surface area contributed by atoms with Crippen molar-refractivity contribution in [2.24, 2.45) is 7.05 Å². The van der Waals surface area contributed by atoms with Crippen LogP contribution in [0.2, 0.25) is 0 Å². The molecule has 0 bridgehead atoms. The summed E-state index contributed by atoms with van der Waals surface area (Å²) in [7, 11) is -1.73. The summed E-state index contributed by atoms with van der Waals surface area (Å²) in [6.07, 6.45) is 7.19. The fourth-order valence-corrected chi connectivity index (χ4v) is 4.12. The van der Waals surface area contributed by atoms with E-state index in [9.17, 15) is 13.2 Å². The Morgan fingerprint density at radius 2 is 2.19 bits per heavy atom. The number of aryl methyl sites for hydroxylation is 1. The summed E-state index contributed by atoms with van der Waals surface area (Å²) in [6.45, 7) is 2.72. The van der Waals surface area contributed by atoms with Crippen molar-refractivity contribution in [1.29, 1.82) is 0 Å². The first kappa shape index (κ1) is 16.0. The number of amides is 1. The topological polar surface area (TPSA) is 72.3 Å². The molecule has 6 nitrogen and oxygen atoms in total. The van der Waals surface area contributed by atoms with Gasteiger partial charge in [0, 0.05) is 32.0 Å². The van der Waals surface area contributed by atoms with Gasteiger partial charge in [0.15, 0.2) is 9.84 Å². The minimum Gasteiger partial charge on any atom is -0.339 e. The zero-order valence-electron chi connectivity index (χ0n) is 12.7. The van der Waals surface area contributed by atoms with Crippen LogP contribution < -0.4 is 0 Å². The van der Waals surface area contributed by atoms with E-state index < -0.39 is 15.6 Å². The van der Waals surface area contributed by atoms with Gasteiger partial charge in [-0.25, -0.2) is 13.4 Å². The van der Waals surface area contributed by atoms with Crippen LogP contribution in [0.15, 0.2) is 12.4 Å². The first-order valence-electron chi connectivity index (χ1n) is 7.39. The molecule has 1 atom stereocenters. The van der Waals surface area contributed by atoms with Gasteiger partial charge in [-0.15, -0.1) is 0 Å². The molecule has 7 heteroatoms. The number of piperidine rings is 1. The van der Waals surface area contributed by atoms with E-state index >= 15 is 0 Å². The predicted molar refractivity (Wildman–Crippen MR) is 80.3 cm³/mol. The fourth-order valence-electron chi connectivity index (χ4n) is 2.81. The van der Waals surface area contributed by atoms with Gasteiger partial charge in [-0.2, -0.15) is 0 Å². The third-order valence-electron chi connectivity index (χ3n) is 4.03. The second kappa shape index (κ2) is 6.60. The van der Waals surface area contributed by atoms with Crippen molar-refractivity contribution in [3.63, 3.8) is 0 Å². The van der Waals surface area contributed by atoms with Crippen LogP contribution in [-0.4, -0.2) is 47.1 Å². The lowest BCUT2D eigenvalue weighted by Crippen LogP contribution is -2.46. The van der Waals surface area contributed by atoms with E-state index in [0.29, 0.717) is 12.4 Å². The summed E-state index contributed by atoms with van der Waals surface area (Å²) in [5, 5.41) is 0. The predicted octanol–water partition coefficient (Wildman–Crippen LogP) is 1.13. The van der Waals surface area contributed by atoms with Crippen molar-refractivity contribution >= 4 is 15.7 Å². The second-order valence-corrected chi connectivity index (χ2v) is 7.70. The molecule has 1 aliphatic rings. The number of nitrogens with zero attached hydrogens (tertiary/aromatic N) is 3. The van der Waals surface area contributed by atoms with Crippen LogP contribution in [0.5, 0.6) is 0 Å². The minimum absolute atomic E-state index is 0.188. The van der Waals surface area contributed by atoms with Crippen LogP contribution in [0.4, 0.5) is 0 Å². The molecule has 1 fully saturated rings. The van der Waals surface area contributed by atoms with Gasteiger partial charge >= 0.3 is 0 Å².